The van der Waals surface area contributed by atoms with Crippen molar-refractivity contribution in [1.29, 1.82) is 0 Å². The number of rotatable bonds is 5. The van der Waals surface area contributed by atoms with Gasteiger partial charge < -0.3 is 0 Å². The fourth-order valence-corrected chi connectivity index (χ4v) is 2.57. The Balaban J connectivity index is 2.47. The molecule has 0 bridgehead atoms. The Morgan fingerprint density at radius 3 is 2.42 bits per heavy atom. The molecule has 0 amide bonds. The van der Waals surface area contributed by atoms with E-state index in [4.69, 9.17) is 58.0 Å². The molecule has 0 aliphatic heterocycles. The maximum absolute atomic E-state index is 12.5. The minimum Gasteiger partial charge on any atom is -0.243 e. The van der Waals surface area contributed by atoms with Crippen LogP contribution in [0.15, 0.2) is 12.4 Å². The molecule has 132 valence electrons. The zero-order chi connectivity index (χ0) is 18.0. The van der Waals surface area contributed by atoms with Crippen molar-refractivity contribution < 1.29 is 4.79 Å². The second kappa shape index (κ2) is 7.74. The summed E-state index contributed by atoms with van der Waals surface area (Å²) < 4.78 is -2.00. The van der Waals surface area contributed by atoms with Crippen LogP contribution in [0.5, 0.6) is 0 Å². The maximum Gasteiger partial charge on any atom is 0.372 e. The molecular weight excluding hydrogens is 421 g/mol. The van der Waals surface area contributed by atoms with Crippen molar-refractivity contribution in [2.24, 2.45) is 0 Å². The molecule has 0 fully saturated rings. The summed E-state index contributed by atoms with van der Waals surface area (Å²) in [6.45, 7) is 2.05. The standard InChI is InChI=1S/C12H13Cl5N6O/c1-2-3-4-5-8-9(11(13,14)12(15,16)17)19-21-23(8)10(24)22-7-6-18-20-22/h6-7H,2-5H2,1H3. The van der Waals surface area contributed by atoms with Gasteiger partial charge in [0, 0.05) is 0 Å². The van der Waals surface area contributed by atoms with Crippen LogP contribution in [-0.4, -0.2) is 39.8 Å². The Hall–Kier alpha value is -0.600. The number of alkyl halides is 5. The van der Waals surface area contributed by atoms with Crippen molar-refractivity contribution in [1.82, 2.24) is 30.0 Å². The molecule has 0 aliphatic rings. The highest BCUT2D eigenvalue weighted by Gasteiger charge is 2.51. The van der Waals surface area contributed by atoms with Gasteiger partial charge in [0.05, 0.1) is 18.1 Å². The predicted molar refractivity (Wildman–Crippen MR) is 93.1 cm³/mol. The molecule has 0 atom stereocenters. The molecular formula is C12H13Cl5N6O. The molecule has 0 aromatic carbocycles. The first-order valence-electron chi connectivity index (χ1n) is 7.00. The topological polar surface area (TPSA) is 78.5 Å². The van der Waals surface area contributed by atoms with Gasteiger partial charge in [0.25, 0.3) is 0 Å². The van der Waals surface area contributed by atoms with Gasteiger partial charge in [0.15, 0.2) is 0 Å². The third kappa shape index (κ3) is 3.96. The summed E-state index contributed by atoms with van der Waals surface area (Å²) in [5, 5.41) is 14.9. The van der Waals surface area contributed by atoms with Gasteiger partial charge in [-0.2, -0.15) is 9.36 Å². The number of aromatic nitrogens is 6. The molecule has 0 N–H and O–H groups in total. The Bertz CT molecular complexity index is 693. The molecule has 0 radical (unpaired) electrons. The maximum atomic E-state index is 12.5. The summed E-state index contributed by atoms with van der Waals surface area (Å²) in [5.74, 6) is 0. The molecule has 7 nitrogen and oxygen atoms in total. The smallest absolute Gasteiger partial charge is 0.243 e. The number of hydrogen-bond donors (Lipinski definition) is 0. The zero-order valence-corrected chi connectivity index (χ0v) is 16.2. The van der Waals surface area contributed by atoms with E-state index in [1.807, 2.05) is 6.92 Å². The minimum absolute atomic E-state index is 0.0235. The first-order valence-corrected chi connectivity index (χ1v) is 8.89. The zero-order valence-electron chi connectivity index (χ0n) is 12.5. The Labute approximate surface area is 163 Å². The van der Waals surface area contributed by atoms with Crippen molar-refractivity contribution in [3.05, 3.63) is 23.8 Å². The van der Waals surface area contributed by atoms with Crippen LogP contribution in [0, 0.1) is 0 Å². The summed E-state index contributed by atoms with van der Waals surface area (Å²) in [7, 11) is 0. The summed E-state index contributed by atoms with van der Waals surface area (Å²) in [6.07, 6.45) is 5.83. The van der Waals surface area contributed by atoms with Gasteiger partial charge >= 0.3 is 6.03 Å². The monoisotopic (exact) mass is 432 g/mol. The van der Waals surface area contributed by atoms with E-state index in [0.717, 1.165) is 28.6 Å². The Morgan fingerprint density at radius 1 is 1.17 bits per heavy atom. The van der Waals surface area contributed by atoms with Crippen molar-refractivity contribution >= 4 is 64.0 Å². The van der Waals surface area contributed by atoms with Gasteiger partial charge in [0.2, 0.25) is 8.13 Å². The third-order valence-corrected chi connectivity index (χ3v) is 5.59. The average molecular weight is 435 g/mol. The van der Waals surface area contributed by atoms with E-state index < -0.39 is 14.2 Å². The van der Waals surface area contributed by atoms with E-state index in [0.29, 0.717) is 12.1 Å². The van der Waals surface area contributed by atoms with Crippen LogP contribution in [0.1, 0.15) is 37.6 Å². The van der Waals surface area contributed by atoms with Gasteiger partial charge in [-0.25, -0.2) is 4.79 Å². The number of halogens is 5. The lowest BCUT2D eigenvalue weighted by Gasteiger charge is -2.26. The molecule has 2 rings (SSSR count). The molecule has 2 heterocycles. The number of carbonyl (C=O) groups is 1. The van der Waals surface area contributed by atoms with Crippen LogP contribution in [0.4, 0.5) is 4.79 Å². The summed E-state index contributed by atoms with van der Waals surface area (Å²) >= 11 is 30.0. The van der Waals surface area contributed by atoms with Crippen LogP contribution in [-0.2, 0) is 10.8 Å². The number of carbonyl (C=O) groups excluding carboxylic acids is 1. The van der Waals surface area contributed by atoms with E-state index in [1.165, 1.54) is 12.4 Å². The number of unbranched alkanes of at least 4 members (excludes halogenated alkanes) is 2. The largest absolute Gasteiger partial charge is 0.372 e. The molecule has 0 saturated carbocycles. The Kier molecular flexibility index (Phi) is 6.36. The summed E-state index contributed by atoms with van der Waals surface area (Å²) in [6, 6.07) is -0.591. The SMILES string of the molecule is CCCCCc1c(C(Cl)(Cl)C(Cl)(Cl)Cl)nnn1C(=O)n1ccnn1. The van der Waals surface area contributed by atoms with E-state index in [2.05, 4.69) is 20.6 Å². The van der Waals surface area contributed by atoms with E-state index in [9.17, 15) is 4.79 Å². The van der Waals surface area contributed by atoms with Crippen LogP contribution in [0.2, 0.25) is 0 Å². The lowest BCUT2D eigenvalue weighted by molar-refractivity contribution is 0.236. The molecule has 12 heteroatoms. The summed E-state index contributed by atoms with van der Waals surface area (Å²) in [5.41, 5.74) is 0.385. The lowest BCUT2D eigenvalue weighted by Crippen LogP contribution is -2.31. The molecule has 0 spiro atoms. The molecule has 24 heavy (non-hydrogen) atoms. The highest BCUT2D eigenvalue weighted by Crippen LogP contribution is 2.53. The molecule has 0 aliphatic carbocycles. The van der Waals surface area contributed by atoms with Crippen molar-refractivity contribution in [3.8, 4) is 0 Å². The average Bonchev–Trinajstić information content (AvgIpc) is 3.15. The Morgan fingerprint density at radius 2 is 1.88 bits per heavy atom. The van der Waals surface area contributed by atoms with Crippen LogP contribution in [0.3, 0.4) is 0 Å². The van der Waals surface area contributed by atoms with Crippen LogP contribution in [0.25, 0.3) is 0 Å². The fraction of sp³-hybridized carbons (Fsp3) is 0.583. The van der Waals surface area contributed by atoms with Crippen molar-refractivity contribution in [2.45, 2.75) is 40.7 Å². The second-order valence-corrected chi connectivity index (χ2v) is 8.56. The quantitative estimate of drug-likeness (QED) is 0.523. The van der Waals surface area contributed by atoms with Crippen LogP contribution < -0.4 is 0 Å². The van der Waals surface area contributed by atoms with Crippen LogP contribution >= 0.6 is 58.0 Å². The first kappa shape index (κ1) is 19.7. The third-order valence-electron chi connectivity index (χ3n) is 3.23. The van der Waals surface area contributed by atoms with Crippen molar-refractivity contribution in [3.63, 3.8) is 0 Å². The highest BCUT2D eigenvalue weighted by atomic mass is 35.6. The highest BCUT2D eigenvalue weighted by molar-refractivity contribution is 6.75. The first-order chi connectivity index (χ1) is 11.2. The minimum atomic E-state index is -2.06. The van der Waals surface area contributed by atoms with E-state index in [-0.39, 0.29) is 5.69 Å². The fourth-order valence-electron chi connectivity index (χ4n) is 2.01. The molecule has 2 aromatic rings. The van der Waals surface area contributed by atoms with E-state index in [1.54, 1.807) is 0 Å². The van der Waals surface area contributed by atoms with Gasteiger partial charge in [0.1, 0.15) is 5.69 Å². The predicted octanol–water partition coefficient (Wildman–Crippen LogP) is 4.12. The van der Waals surface area contributed by atoms with Crippen molar-refractivity contribution in [2.75, 3.05) is 0 Å². The number of hydrogen-bond acceptors (Lipinski definition) is 5. The normalized spacial score (nSPS) is 12.6. The number of nitrogens with zero attached hydrogens (tertiary/aromatic N) is 6. The van der Waals surface area contributed by atoms with Gasteiger partial charge in [-0.05, 0) is 12.8 Å². The van der Waals surface area contributed by atoms with Gasteiger partial charge in [-0.15, -0.1) is 10.2 Å². The van der Waals surface area contributed by atoms with Gasteiger partial charge in [-0.1, -0.05) is 88.2 Å². The van der Waals surface area contributed by atoms with Gasteiger partial charge in [-0.3, -0.25) is 0 Å². The van der Waals surface area contributed by atoms with E-state index >= 15 is 0 Å². The molecule has 0 unspecified atom stereocenters. The lowest BCUT2D eigenvalue weighted by atomic mass is 10.1. The molecule has 0 saturated heterocycles. The second-order valence-electron chi connectivity index (χ2n) is 4.96. The molecule has 2 aromatic heterocycles. The summed E-state index contributed by atoms with van der Waals surface area (Å²) in [4.78, 5) is 12.5.